The molecule has 3 nitrogen and oxygen atoms in total. The van der Waals surface area contributed by atoms with Gasteiger partial charge in [-0.3, -0.25) is 4.79 Å². The Labute approximate surface area is 123 Å². The van der Waals surface area contributed by atoms with E-state index in [1.165, 1.54) is 12.1 Å². The summed E-state index contributed by atoms with van der Waals surface area (Å²) in [4.78, 5) is 13.8. The van der Waals surface area contributed by atoms with Crippen molar-refractivity contribution in [2.75, 3.05) is 7.05 Å². The fraction of sp³-hybridized carbons (Fsp3) is 0.533. The lowest BCUT2D eigenvalue weighted by Gasteiger charge is -2.21. The summed E-state index contributed by atoms with van der Waals surface area (Å²) in [7, 11) is 1.74. The lowest BCUT2D eigenvalue weighted by molar-refractivity contribution is -0.131. The van der Waals surface area contributed by atoms with Gasteiger partial charge in [-0.2, -0.15) is 0 Å². The molecule has 110 valence electrons. The Morgan fingerprint density at radius 2 is 2.25 bits per heavy atom. The Bertz CT molecular complexity index is 495. The summed E-state index contributed by atoms with van der Waals surface area (Å²) in [6, 6.07) is 4.37. The van der Waals surface area contributed by atoms with E-state index in [9.17, 15) is 9.18 Å². The van der Waals surface area contributed by atoms with Crippen LogP contribution in [0.5, 0.6) is 0 Å². The van der Waals surface area contributed by atoms with Crippen LogP contribution >= 0.6 is 11.6 Å². The fourth-order valence-electron chi connectivity index (χ4n) is 2.69. The molecule has 1 saturated carbocycles. The Morgan fingerprint density at radius 1 is 1.50 bits per heavy atom. The van der Waals surface area contributed by atoms with Gasteiger partial charge in [0, 0.05) is 31.1 Å². The number of carbonyl (C=O) groups excluding carboxylic acids is 1. The molecule has 0 heterocycles. The number of benzene rings is 1. The SMILES string of the molecule is CN(Cc1ccc(F)cc1Cl)C(=O)C[C@@H]1CCC[C@H]1N. The molecule has 0 spiro atoms. The van der Waals surface area contributed by atoms with Crippen LogP contribution in [0.15, 0.2) is 18.2 Å². The molecule has 0 unspecified atom stereocenters. The summed E-state index contributed by atoms with van der Waals surface area (Å²) in [6.07, 6.45) is 3.62. The van der Waals surface area contributed by atoms with Crippen molar-refractivity contribution in [2.45, 2.75) is 38.3 Å². The second-order valence-electron chi connectivity index (χ2n) is 5.54. The Kier molecular flexibility index (Phi) is 5.00. The fourth-order valence-corrected chi connectivity index (χ4v) is 2.92. The number of carbonyl (C=O) groups is 1. The minimum Gasteiger partial charge on any atom is -0.341 e. The summed E-state index contributed by atoms with van der Waals surface area (Å²) in [5.74, 6) is -0.0222. The molecule has 20 heavy (non-hydrogen) atoms. The van der Waals surface area contributed by atoms with Crippen molar-refractivity contribution >= 4 is 17.5 Å². The van der Waals surface area contributed by atoms with Gasteiger partial charge in [0.05, 0.1) is 0 Å². The molecular formula is C15H20ClFN2O. The summed E-state index contributed by atoms with van der Waals surface area (Å²) in [5.41, 5.74) is 6.74. The number of rotatable bonds is 4. The van der Waals surface area contributed by atoms with E-state index in [0.29, 0.717) is 18.0 Å². The highest BCUT2D eigenvalue weighted by atomic mass is 35.5. The van der Waals surface area contributed by atoms with Crippen LogP contribution in [0.4, 0.5) is 4.39 Å². The average molecular weight is 299 g/mol. The van der Waals surface area contributed by atoms with Gasteiger partial charge in [0.25, 0.3) is 0 Å². The number of nitrogens with two attached hydrogens (primary N) is 1. The zero-order valence-electron chi connectivity index (χ0n) is 11.6. The van der Waals surface area contributed by atoms with Crippen LogP contribution in [-0.2, 0) is 11.3 Å². The van der Waals surface area contributed by atoms with Gasteiger partial charge in [-0.25, -0.2) is 4.39 Å². The van der Waals surface area contributed by atoms with Gasteiger partial charge in [-0.1, -0.05) is 24.1 Å². The number of hydrogen-bond acceptors (Lipinski definition) is 2. The molecule has 2 rings (SSSR count). The van der Waals surface area contributed by atoms with Gasteiger partial charge in [-0.05, 0) is 36.5 Å². The Balaban J connectivity index is 1.93. The van der Waals surface area contributed by atoms with Crippen molar-refractivity contribution in [1.29, 1.82) is 0 Å². The quantitative estimate of drug-likeness (QED) is 0.929. The van der Waals surface area contributed by atoms with Crippen LogP contribution in [0.3, 0.4) is 0 Å². The first kappa shape index (κ1) is 15.3. The molecule has 2 atom stereocenters. The zero-order chi connectivity index (χ0) is 14.7. The van der Waals surface area contributed by atoms with Gasteiger partial charge in [0.2, 0.25) is 5.91 Å². The summed E-state index contributed by atoms with van der Waals surface area (Å²) >= 11 is 5.97. The van der Waals surface area contributed by atoms with Gasteiger partial charge in [-0.15, -0.1) is 0 Å². The lowest BCUT2D eigenvalue weighted by atomic mass is 9.99. The van der Waals surface area contributed by atoms with E-state index in [1.54, 1.807) is 18.0 Å². The molecule has 0 bridgehead atoms. The molecule has 0 radical (unpaired) electrons. The number of halogens is 2. The lowest BCUT2D eigenvalue weighted by Crippen LogP contribution is -2.32. The van der Waals surface area contributed by atoms with Crippen molar-refractivity contribution in [3.05, 3.63) is 34.6 Å². The van der Waals surface area contributed by atoms with E-state index in [4.69, 9.17) is 17.3 Å². The molecule has 0 aliphatic heterocycles. The van der Waals surface area contributed by atoms with Crippen LogP contribution in [-0.4, -0.2) is 23.9 Å². The number of hydrogen-bond donors (Lipinski definition) is 1. The van der Waals surface area contributed by atoms with E-state index in [2.05, 4.69) is 0 Å². The third-order valence-electron chi connectivity index (χ3n) is 4.00. The van der Waals surface area contributed by atoms with Crippen LogP contribution in [0.1, 0.15) is 31.2 Å². The van der Waals surface area contributed by atoms with Gasteiger partial charge in [0.15, 0.2) is 0 Å². The molecule has 5 heteroatoms. The molecule has 1 amide bonds. The highest BCUT2D eigenvalue weighted by Gasteiger charge is 2.27. The van der Waals surface area contributed by atoms with E-state index >= 15 is 0 Å². The second-order valence-corrected chi connectivity index (χ2v) is 5.95. The van der Waals surface area contributed by atoms with Crippen molar-refractivity contribution in [3.63, 3.8) is 0 Å². The monoisotopic (exact) mass is 298 g/mol. The smallest absolute Gasteiger partial charge is 0.222 e. The number of amides is 1. The first-order valence-electron chi connectivity index (χ1n) is 6.91. The first-order chi connectivity index (χ1) is 9.47. The maximum Gasteiger partial charge on any atom is 0.222 e. The molecule has 1 fully saturated rings. The third kappa shape index (κ3) is 3.70. The molecule has 2 N–H and O–H groups in total. The zero-order valence-corrected chi connectivity index (χ0v) is 12.4. The van der Waals surface area contributed by atoms with Crippen molar-refractivity contribution in [1.82, 2.24) is 4.90 Å². The van der Waals surface area contributed by atoms with Crippen LogP contribution in [0, 0.1) is 11.7 Å². The standard InChI is InChI=1S/C15H20ClFN2O/c1-19(9-11-5-6-12(17)8-13(11)16)15(20)7-10-3-2-4-14(10)18/h5-6,8,10,14H,2-4,7,9,18H2,1H3/t10-,14+/m0/s1. The predicted octanol–water partition coefficient (Wildman–Crippen LogP) is 2.96. The molecule has 1 aliphatic carbocycles. The Morgan fingerprint density at radius 3 is 2.85 bits per heavy atom. The summed E-state index contributed by atoms with van der Waals surface area (Å²) < 4.78 is 13.0. The van der Waals surface area contributed by atoms with Crippen LogP contribution < -0.4 is 5.73 Å². The van der Waals surface area contributed by atoms with Crippen molar-refractivity contribution in [2.24, 2.45) is 11.7 Å². The maximum atomic E-state index is 13.0. The molecule has 1 aromatic rings. The van der Waals surface area contributed by atoms with E-state index < -0.39 is 0 Å². The minimum absolute atomic E-state index is 0.0627. The first-order valence-corrected chi connectivity index (χ1v) is 7.28. The van der Waals surface area contributed by atoms with E-state index in [-0.39, 0.29) is 23.7 Å². The largest absolute Gasteiger partial charge is 0.341 e. The molecule has 1 aliphatic rings. The molecule has 0 aromatic heterocycles. The molecule has 0 saturated heterocycles. The Hall–Kier alpha value is -1.13. The average Bonchev–Trinajstić information content (AvgIpc) is 2.78. The number of nitrogens with zero attached hydrogens (tertiary/aromatic N) is 1. The van der Waals surface area contributed by atoms with E-state index in [1.807, 2.05) is 0 Å². The molecule has 1 aromatic carbocycles. The van der Waals surface area contributed by atoms with Gasteiger partial charge < -0.3 is 10.6 Å². The highest BCUT2D eigenvalue weighted by molar-refractivity contribution is 6.31. The van der Waals surface area contributed by atoms with Crippen LogP contribution in [0.2, 0.25) is 5.02 Å². The maximum absolute atomic E-state index is 13.0. The minimum atomic E-state index is -0.371. The van der Waals surface area contributed by atoms with Gasteiger partial charge in [0.1, 0.15) is 5.82 Å². The van der Waals surface area contributed by atoms with Crippen molar-refractivity contribution < 1.29 is 9.18 Å². The molecular weight excluding hydrogens is 279 g/mol. The topological polar surface area (TPSA) is 46.3 Å². The second kappa shape index (κ2) is 6.55. The predicted molar refractivity (Wildman–Crippen MR) is 77.8 cm³/mol. The van der Waals surface area contributed by atoms with Gasteiger partial charge >= 0.3 is 0 Å². The normalized spacial score (nSPS) is 22.0. The van der Waals surface area contributed by atoms with Crippen molar-refractivity contribution in [3.8, 4) is 0 Å². The summed E-state index contributed by atoms with van der Waals surface area (Å²) in [6.45, 7) is 0.389. The highest BCUT2D eigenvalue weighted by Crippen LogP contribution is 2.27. The third-order valence-corrected chi connectivity index (χ3v) is 4.35. The van der Waals surface area contributed by atoms with E-state index in [0.717, 1.165) is 24.8 Å². The van der Waals surface area contributed by atoms with Crippen LogP contribution in [0.25, 0.3) is 0 Å². The summed E-state index contributed by atoms with van der Waals surface area (Å²) in [5, 5.41) is 0.349.